The molecule has 0 saturated carbocycles. The lowest BCUT2D eigenvalue weighted by Crippen LogP contribution is -2.06. The average Bonchev–Trinajstić information content (AvgIpc) is 2.17. The highest BCUT2D eigenvalue weighted by Crippen LogP contribution is 2.27. The lowest BCUT2D eigenvalue weighted by atomic mass is 9.96. The summed E-state index contributed by atoms with van der Waals surface area (Å²) in [6, 6.07) is 0. The Morgan fingerprint density at radius 2 is 2.36 bits per heavy atom. The van der Waals surface area contributed by atoms with Crippen molar-refractivity contribution >= 4 is 26.4 Å². The molecule has 1 rings (SSSR count). The summed E-state index contributed by atoms with van der Waals surface area (Å²) in [4.78, 5) is 11.2. The number of halogens is 1. The first-order chi connectivity index (χ1) is 6.69. The third-order valence-electron chi connectivity index (χ3n) is 2.22. The van der Waals surface area contributed by atoms with Gasteiger partial charge in [-0.25, -0.2) is 0 Å². The molecule has 0 aromatic heterocycles. The van der Waals surface area contributed by atoms with Crippen molar-refractivity contribution in [2.24, 2.45) is 0 Å². The first-order valence-corrected chi connectivity index (χ1v) is 5.54. The van der Waals surface area contributed by atoms with E-state index in [9.17, 15) is 4.79 Å². The maximum atomic E-state index is 11.2. The Morgan fingerprint density at radius 1 is 1.64 bits per heavy atom. The van der Waals surface area contributed by atoms with E-state index in [1.807, 2.05) is 6.08 Å². The second-order valence-electron chi connectivity index (χ2n) is 3.10. The van der Waals surface area contributed by atoms with Gasteiger partial charge in [-0.2, -0.15) is 0 Å². The summed E-state index contributed by atoms with van der Waals surface area (Å²) < 4.78 is 5.18. The monoisotopic (exact) mass is 308 g/mol. The molecule has 1 aliphatic rings. The van der Waals surface area contributed by atoms with E-state index in [0.29, 0.717) is 12.2 Å². The summed E-state index contributed by atoms with van der Waals surface area (Å²) in [5, 5.41) is 8.79. The minimum absolute atomic E-state index is 0.0405. The van der Waals surface area contributed by atoms with Crippen LogP contribution in [0.3, 0.4) is 0 Å². The van der Waals surface area contributed by atoms with Gasteiger partial charge in [0.15, 0.2) is 0 Å². The van der Waals surface area contributed by atoms with Crippen molar-refractivity contribution in [2.75, 3.05) is 13.7 Å². The highest BCUT2D eigenvalue weighted by molar-refractivity contribution is 14.1. The average molecular weight is 308 g/mol. The Labute approximate surface area is 97.0 Å². The highest BCUT2D eigenvalue weighted by Gasteiger charge is 2.17. The molecule has 0 radical (unpaired) electrons. The van der Waals surface area contributed by atoms with E-state index in [0.717, 1.165) is 24.0 Å². The topological polar surface area (TPSA) is 46.5 Å². The molecule has 0 bridgehead atoms. The third-order valence-corrected chi connectivity index (χ3v) is 2.87. The van der Waals surface area contributed by atoms with Crippen LogP contribution in [0.15, 0.2) is 23.0 Å². The van der Waals surface area contributed by atoms with Crippen molar-refractivity contribution < 1.29 is 14.6 Å². The van der Waals surface area contributed by atoms with E-state index < -0.39 is 0 Å². The van der Waals surface area contributed by atoms with Crippen molar-refractivity contribution in [3.63, 3.8) is 0 Å². The van der Waals surface area contributed by atoms with Gasteiger partial charge in [0.05, 0.1) is 7.11 Å². The molecular formula is C10H13IO3. The Morgan fingerprint density at radius 3 is 2.86 bits per heavy atom. The van der Waals surface area contributed by atoms with Gasteiger partial charge in [0.25, 0.3) is 0 Å². The van der Waals surface area contributed by atoms with Crippen molar-refractivity contribution in [1.29, 1.82) is 0 Å². The number of hydrogen-bond acceptors (Lipinski definition) is 3. The van der Waals surface area contributed by atoms with Gasteiger partial charge in [-0.15, -0.1) is 0 Å². The number of aliphatic hydroxyl groups is 1. The lowest BCUT2D eigenvalue weighted by Gasteiger charge is -2.16. The standard InChI is InChI=1S/C10H13IO3/c1-14-9-6-7(4-5-12)2-3-8(9)10(11)13/h6,12H,2-5H2,1H3. The predicted molar refractivity (Wildman–Crippen MR) is 62.1 cm³/mol. The van der Waals surface area contributed by atoms with Crippen LogP contribution in [-0.2, 0) is 9.53 Å². The molecule has 0 saturated heterocycles. The smallest absolute Gasteiger partial charge is 0.222 e. The van der Waals surface area contributed by atoms with Crippen LogP contribution in [0.2, 0.25) is 0 Å². The van der Waals surface area contributed by atoms with Gasteiger partial charge in [-0.05, 0) is 25.3 Å². The predicted octanol–water partition coefficient (Wildman–Crippen LogP) is 1.95. The first kappa shape index (κ1) is 11.7. The number of allylic oxidation sites excluding steroid dienone is 2. The molecule has 3 nitrogen and oxygen atoms in total. The van der Waals surface area contributed by atoms with Crippen LogP contribution in [0.4, 0.5) is 0 Å². The zero-order valence-electron chi connectivity index (χ0n) is 8.05. The maximum Gasteiger partial charge on any atom is 0.222 e. The number of ether oxygens (including phenoxy) is 1. The Hall–Kier alpha value is -0.360. The molecule has 1 N–H and O–H groups in total. The van der Waals surface area contributed by atoms with Crippen molar-refractivity contribution in [2.45, 2.75) is 19.3 Å². The summed E-state index contributed by atoms with van der Waals surface area (Å²) in [6.45, 7) is 0.149. The summed E-state index contributed by atoms with van der Waals surface area (Å²) in [5.74, 6) is 0.652. The Kier molecular flexibility index (Phi) is 4.60. The summed E-state index contributed by atoms with van der Waals surface area (Å²) in [5.41, 5.74) is 1.89. The summed E-state index contributed by atoms with van der Waals surface area (Å²) >= 11 is 1.77. The van der Waals surface area contributed by atoms with Crippen LogP contribution in [0.5, 0.6) is 0 Å². The van der Waals surface area contributed by atoms with E-state index >= 15 is 0 Å². The van der Waals surface area contributed by atoms with Crippen molar-refractivity contribution in [1.82, 2.24) is 0 Å². The van der Waals surface area contributed by atoms with Gasteiger partial charge in [0.2, 0.25) is 3.79 Å². The van der Waals surface area contributed by atoms with E-state index in [4.69, 9.17) is 9.84 Å². The van der Waals surface area contributed by atoms with Crippen LogP contribution in [0.25, 0.3) is 0 Å². The van der Waals surface area contributed by atoms with Crippen LogP contribution in [-0.4, -0.2) is 22.6 Å². The van der Waals surface area contributed by atoms with Crippen LogP contribution >= 0.6 is 22.6 Å². The van der Waals surface area contributed by atoms with Gasteiger partial charge in [0, 0.05) is 34.8 Å². The molecule has 78 valence electrons. The largest absolute Gasteiger partial charge is 0.496 e. The second kappa shape index (κ2) is 5.50. The second-order valence-corrected chi connectivity index (χ2v) is 4.08. The quantitative estimate of drug-likeness (QED) is 0.638. The molecular weight excluding hydrogens is 295 g/mol. The molecule has 4 heteroatoms. The third kappa shape index (κ3) is 2.81. The molecule has 0 aliphatic heterocycles. The van der Waals surface area contributed by atoms with E-state index in [1.165, 1.54) is 0 Å². The molecule has 1 aliphatic carbocycles. The van der Waals surface area contributed by atoms with E-state index in [-0.39, 0.29) is 10.4 Å². The normalized spacial score (nSPS) is 16.6. The maximum absolute atomic E-state index is 11.2. The van der Waals surface area contributed by atoms with Crippen LogP contribution < -0.4 is 0 Å². The number of rotatable bonds is 4. The fourth-order valence-corrected chi connectivity index (χ4v) is 2.01. The van der Waals surface area contributed by atoms with Crippen LogP contribution in [0.1, 0.15) is 19.3 Å². The van der Waals surface area contributed by atoms with Gasteiger partial charge in [0.1, 0.15) is 5.76 Å². The molecule has 0 amide bonds. The van der Waals surface area contributed by atoms with E-state index in [1.54, 1.807) is 29.7 Å². The molecule has 0 spiro atoms. The fraction of sp³-hybridized carbons (Fsp3) is 0.500. The number of carbonyl (C=O) groups is 1. The minimum Gasteiger partial charge on any atom is -0.496 e. The van der Waals surface area contributed by atoms with Gasteiger partial charge in [-0.1, -0.05) is 5.57 Å². The molecule has 0 heterocycles. The minimum atomic E-state index is 0.0405. The summed E-state index contributed by atoms with van der Waals surface area (Å²) in [6.07, 6.45) is 4.09. The summed E-state index contributed by atoms with van der Waals surface area (Å²) in [7, 11) is 1.56. The molecule has 0 unspecified atom stereocenters. The SMILES string of the molecule is COC1=C(C(=O)I)CCC(CCO)=C1. The molecule has 0 aromatic carbocycles. The van der Waals surface area contributed by atoms with Crippen molar-refractivity contribution in [3.8, 4) is 0 Å². The fourth-order valence-electron chi connectivity index (χ4n) is 1.47. The number of hydrogen-bond donors (Lipinski definition) is 1. The van der Waals surface area contributed by atoms with E-state index in [2.05, 4.69) is 0 Å². The van der Waals surface area contributed by atoms with Gasteiger partial charge in [-0.3, -0.25) is 4.79 Å². The molecule has 0 fully saturated rings. The van der Waals surface area contributed by atoms with Crippen LogP contribution in [0, 0.1) is 0 Å². The van der Waals surface area contributed by atoms with Gasteiger partial charge >= 0.3 is 0 Å². The first-order valence-electron chi connectivity index (χ1n) is 4.46. The molecule has 0 aromatic rings. The van der Waals surface area contributed by atoms with Crippen molar-refractivity contribution in [3.05, 3.63) is 23.0 Å². The number of aliphatic hydroxyl groups excluding tert-OH is 1. The Bertz CT molecular complexity index is 292. The molecule has 0 atom stereocenters. The zero-order chi connectivity index (χ0) is 10.6. The Balaban J connectivity index is 2.88. The zero-order valence-corrected chi connectivity index (χ0v) is 10.2. The lowest BCUT2D eigenvalue weighted by molar-refractivity contribution is -0.106. The number of carbonyl (C=O) groups excluding carboxylic acids is 1. The molecule has 14 heavy (non-hydrogen) atoms. The number of methoxy groups -OCH3 is 1. The highest BCUT2D eigenvalue weighted by atomic mass is 127. The van der Waals surface area contributed by atoms with Gasteiger partial charge < -0.3 is 9.84 Å².